The van der Waals surface area contributed by atoms with E-state index in [-0.39, 0.29) is 32.0 Å². The lowest BCUT2D eigenvalue weighted by atomic mass is 10.1. The predicted octanol–water partition coefficient (Wildman–Crippen LogP) is 3.08. The molecule has 0 atom stereocenters. The van der Waals surface area contributed by atoms with Crippen LogP contribution in [0.4, 0.5) is 4.39 Å². The van der Waals surface area contributed by atoms with Gasteiger partial charge >= 0.3 is 0 Å². The topological polar surface area (TPSA) is 111 Å². The molecule has 1 heterocycles. The fraction of sp³-hybridized carbons (Fsp3) is 0.296. The summed E-state index contributed by atoms with van der Waals surface area (Å²) in [5.41, 5.74) is 4.30. The number of pyridine rings is 1. The van der Waals surface area contributed by atoms with E-state index in [4.69, 9.17) is 21.1 Å². The number of amides is 2. The van der Waals surface area contributed by atoms with Gasteiger partial charge in [0.25, 0.3) is 11.5 Å². The van der Waals surface area contributed by atoms with Gasteiger partial charge in [-0.3, -0.25) is 14.4 Å². The number of benzene rings is 2. The highest BCUT2D eigenvalue weighted by molar-refractivity contribution is 6.30. The molecule has 0 saturated carbocycles. The van der Waals surface area contributed by atoms with Gasteiger partial charge in [0, 0.05) is 41.0 Å². The number of rotatable bonds is 12. The van der Waals surface area contributed by atoms with Gasteiger partial charge in [-0.25, -0.2) is 9.07 Å². The lowest BCUT2D eigenvalue weighted by molar-refractivity contribution is -0.123. The van der Waals surface area contributed by atoms with E-state index in [9.17, 15) is 18.8 Å². The molecule has 2 amide bonds. The van der Waals surface area contributed by atoms with Gasteiger partial charge in [-0.15, -0.1) is 0 Å². The maximum atomic E-state index is 14.2. The minimum atomic E-state index is -0.437. The lowest BCUT2D eigenvalue weighted by Crippen LogP contribution is -2.34. The monoisotopic (exact) mass is 544 g/mol. The van der Waals surface area contributed by atoms with Crippen molar-refractivity contribution in [3.05, 3.63) is 92.1 Å². The van der Waals surface area contributed by atoms with Gasteiger partial charge < -0.3 is 25.5 Å². The minimum absolute atomic E-state index is 0.0332. The zero-order valence-corrected chi connectivity index (χ0v) is 22.2. The lowest BCUT2D eigenvalue weighted by Gasteiger charge is -2.15. The standard InChI is InChI=1S/C27H30ClFN4O5/c1-4-30-26(35)16-38-24-8-5-20(28)11-19(24)14-31-25(34)13-22-17(2)9-10-33(27(22)36)32-15-18-12-21(37-3)6-7-23(18)29/h5-12,32H,4,13-16H2,1-3H3,(H,30,35)(H,31,34). The molecule has 1 aromatic heterocycles. The summed E-state index contributed by atoms with van der Waals surface area (Å²) in [5.74, 6) is -0.191. The minimum Gasteiger partial charge on any atom is -0.497 e. The van der Waals surface area contributed by atoms with E-state index in [0.717, 1.165) is 0 Å². The van der Waals surface area contributed by atoms with E-state index in [0.29, 0.717) is 45.3 Å². The smallest absolute Gasteiger partial charge is 0.272 e. The molecule has 0 spiro atoms. The van der Waals surface area contributed by atoms with E-state index in [1.54, 1.807) is 44.2 Å². The van der Waals surface area contributed by atoms with Crippen molar-refractivity contribution >= 4 is 23.4 Å². The first-order valence-electron chi connectivity index (χ1n) is 11.9. The summed E-state index contributed by atoms with van der Waals surface area (Å²) in [7, 11) is 1.48. The van der Waals surface area contributed by atoms with Crippen LogP contribution in [0.3, 0.4) is 0 Å². The van der Waals surface area contributed by atoms with E-state index >= 15 is 0 Å². The van der Waals surface area contributed by atoms with E-state index in [2.05, 4.69) is 16.1 Å². The molecule has 3 N–H and O–H groups in total. The molecule has 202 valence electrons. The molecule has 0 aliphatic carbocycles. The average Bonchev–Trinajstić information content (AvgIpc) is 2.89. The Kier molecular flexibility index (Phi) is 10.1. The predicted molar refractivity (Wildman–Crippen MR) is 143 cm³/mol. The second-order valence-corrected chi connectivity index (χ2v) is 8.83. The SMILES string of the molecule is CCNC(=O)COc1ccc(Cl)cc1CNC(=O)Cc1c(C)ccn(NCc2cc(OC)ccc2F)c1=O. The van der Waals surface area contributed by atoms with Crippen molar-refractivity contribution in [3.8, 4) is 11.5 Å². The summed E-state index contributed by atoms with van der Waals surface area (Å²) >= 11 is 6.10. The van der Waals surface area contributed by atoms with Crippen molar-refractivity contribution in [1.82, 2.24) is 15.3 Å². The van der Waals surface area contributed by atoms with Crippen LogP contribution in [0.25, 0.3) is 0 Å². The summed E-state index contributed by atoms with van der Waals surface area (Å²) in [6.45, 7) is 3.97. The number of hydrogen-bond donors (Lipinski definition) is 3. The van der Waals surface area contributed by atoms with Crippen LogP contribution in [0.5, 0.6) is 11.5 Å². The number of aryl methyl sites for hydroxylation is 1. The zero-order valence-electron chi connectivity index (χ0n) is 21.4. The third-order valence-corrected chi connectivity index (χ3v) is 5.92. The maximum absolute atomic E-state index is 14.2. The van der Waals surface area contributed by atoms with Crippen molar-refractivity contribution in [2.45, 2.75) is 33.4 Å². The maximum Gasteiger partial charge on any atom is 0.272 e. The highest BCUT2D eigenvalue weighted by Gasteiger charge is 2.14. The van der Waals surface area contributed by atoms with E-state index in [1.807, 2.05) is 0 Å². The number of methoxy groups -OCH3 is 1. The van der Waals surface area contributed by atoms with Gasteiger partial charge in [-0.2, -0.15) is 0 Å². The van der Waals surface area contributed by atoms with E-state index in [1.165, 1.54) is 30.1 Å². The van der Waals surface area contributed by atoms with Crippen molar-refractivity contribution in [2.75, 3.05) is 25.7 Å². The number of hydrogen-bond acceptors (Lipinski definition) is 6. The van der Waals surface area contributed by atoms with Crippen molar-refractivity contribution in [1.29, 1.82) is 0 Å². The van der Waals surface area contributed by atoms with Crippen LogP contribution >= 0.6 is 11.6 Å². The number of likely N-dealkylation sites (N-methyl/N-ethyl adjacent to an activating group) is 1. The van der Waals surface area contributed by atoms with Crippen LogP contribution in [0.1, 0.15) is 29.2 Å². The Balaban J connectivity index is 1.67. The number of nitrogens with zero attached hydrogens (tertiary/aromatic N) is 1. The summed E-state index contributed by atoms with van der Waals surface area (Å²) in [4.78, 5) is 37.6. The Morgan fingerprint density at radius 2 is 1.82 bits per heavy atom. The highest BCUT2D eigenvalue weighted by Crippen LogP contribution is 2.23. The normalized spacial score (nSPS) is 10.6. The molecule has 11 heteroatoms. The number of ether oxygens (including phenoxy) is 2. The molecule has 2 aromatic carbocycles. The third kappa shape index (κ3) is 7.72. The fourth-order valence-corrected chi connectivity index (χ4v) is 3.82. The first kappa shape index (κ1) is 28.5. The molecule has 38 heavy (non-hydrogen) atoms. The van der Waals surface area contributed by atoms with Crippen LogP contribution in [0, 0.1) is 12.7 Å². The van der Waals surface area contributed by atoms with Gasteiger partial charge in [0.15, 0.2) is 6.61 Å². The molecular formula is C27H30ClFN4O5. The van der Waals surface area contributed by atoms with Crippen LogP contribution in [-0.4, -0.2) is 36.8 Å². The Morgan fingerprint density at radius 1 is 1.03 bits per heavy atom. The number of halogens is 2. The molecule has 0 saturated heterocycles. The van der Waals surface area contributed by atoms with Gasteiger partial charge in [-0.1, -0.05) is 11.6 Å². The zero-order chi connectivity index (χ0) is 27.7. The van der Waals surface area contributed by atoms with Crippen LogP contribution in [-0.2, 0) is 29.1 Å². The molecule has 0 aliphatic heterocycles. The van der Waals surface area contributed by atoms with Gasteiger partial charge in [0.1, 0.15) is 17.3 Å². The Labute approximate surface area is 224 Å². The molecule has 9 nitrogen and oxygen atoms in total. The number of carbonyl (C=O) groups is 2. The van der Waals surface area contributed by atoms with Crippen molar-refractivity contribution < 1.29 is 23.5 Å². The highest BCUT2D eigenvalue weighted by atomic mass is 35.5. The van der Waals surface area contributed by atoms with Gasteiger partial charge in [0.05, 0.1) is 20.1 Å². The van der Waals surface area contributed by atoms with Crippen molar-refractivity contribution in [2.24, 2.45) is 0 Å². The number of aromatic nitrogens is 1. The van der Waals surface area contributed by atoms with Crippen LogP contribution in [0.2, 0.25) is 5.02 Å². The fourth-order valence-electron chi connectivity index (χ4n) is 3.63. The van der Waals surface area contributed by atoms with E-state index < -0.39 is 17.3 Å². The molecule has 0 bridgehead atoms. The average molecular weight is 545 g/mol. The van der Waals surface area contributed by atoms with Crippen LogP contribution in [0.15, 0.2) is 53.5 Å². The molecule has 0 fully saturated rings. The molecule has 3 rings (SSSR count). The molecular weight excluding hydrogens is 515 g/mol. The Morgan fingerprint density at radius 3 is 2.55 bits per heavy atom. The van der Waals surface area contributed by atoms with Gasteiger partial charge in [-0.05, 0) is 61.9 Å². The summed E-state index contributed by atoms with van der Waals surface area (Å²) < 4.78 is 26.1. The summed E-state index contributed by atoms with van der Waals surface area (Å²) in [6, 6.07) is 10.9. The van der Waals surface area contributed by atoms with Gasteiger partial charge in [0.2, 0.25) is 5.91 Å². The first-order chi connectivity index (χ1) is 18.2. The second-order valence-electron chi connectivity index (χ2n) is 8.39. The number of nitrogens with one attached hydrogen (secondary N) is 3. The summed E-state index contributed by atoms with van der Waals surface area (Å²) in [5, 5.41) is 5.86. The summed E-state index contributed by atoms with van der Waals surface area (Å²) in [6.07, 6.45) is 1.36. The first-order valence-corrected chi connectivity index (χ1v) is 12.3. The second kappa shape index (κ2) is 13.5. The Bertz CT molecular complexity index is 1360. The number of carbonyl (C=O) groups excluding carboxylic acids is 2. The molecule has 3 aromatic rings. The largest absolute Gasteiger partial charge is 0.497 e. The molecule has 0 radical (unpaired) electrons. The van der Waals surface area contributed by atoms with Crippen LogP contribution < -0.4 is 31.1 Å². The Hall–Kier alpha value is -4.05. The third-order valence-electron chi connectivity index (χ3n) is 5.69. The van der Waals surface area contributed by atoms with Crippen molar-refractivity contribution in [3.63, 3.8) is 0 Å². The molecule has 0 unspecified atom stereocenters. The quantitative estimate of drug-likeness (QED) is 0.323. The molecule has 0 aliphatic rings.